The van der Waals surface area contributed by atoms with Gasteiger partial charge in [0.25, 0.3) is 0 Å². The SMILES string of the molecule is Ic1ccc2c(-c3ccccc3)c3ccccc3c(-c3ccccc3)c2c1. The summed E-state index contributed by atoms with van der Waals surface area (Å²) >= 11 is 2.41. The zero-order valence-electron chi connectivity index (χ0n) is 14.7. The van der Waals surface area contributed by atoms with Gasteiger partial charge in [0, 0.05) is 3.57 Å². The maximum absolute atomic E-state index is 2.41. The van der Waals surface area contributed by atoms with E-state index in [2.05, 4.69) is 126 Å². The molecule has 0 saturated heterocycles. The predicted octanol–water partition coefficient (Wildman–Crippen LogP) is 7.93. The quantitative estimate of drug-likeness (QED) is 0.187. The molecular weight excluding hydrogens is 439 g/mol. The molecule has 0 saturated carbocycles. The average molecular weight is 456 g/mol. The van der Waals surface area contributed by atoms with Gasteiger partial charge in [-0.3, -0.25) is 0 Å². The molecular formula is C26H17I. The van der Waals surface area contributed by atoms with Crippen LogP contribution in [-0.4, -0.2) is 0 Å². The third-order valence-electron chi connectivity index (χ3n) is 5.11. The molecule has 0 heterocycles. The second kappa shape index (κ2) is 6.82. The van der Waals surface area contributed by atoms with Gasteiger partial charge in [-0.05, 0) is 78.5 Å². The van der Waals surface area contributed by atoms with Gasteiger partial charge in [0.2, 0.25) is 0 Å². The molecule has 5 aromatic rings. The summed E-state index contributed by atoms with van der Waals surface area (Å²) in [5.74, 6) is 0. The van der Waals surface area contributed by atoms with Crippen molar-refractivity contribution in [1.29, 1.82) is 0 Å². The first-order valence-electron chi connectivity index (χ1n) is 9.08. The van der Waals surface area contributed by atoms with Gasteiger partial charge in [0.05, 0.1) is 0 Å². The molecule has 128 valence electrons. The van der Waals surface area contributed by atoms with Gasteiger partial charge in [0.1, 0.15) is 0 Å². The highest BCUT2D eigenvalue weighted by Crippen LogP contribution is 2.43. The fraction of sp³-hybridized carbons (Fsp3) is 0. The van der Waals surface area contributed by atoms with Crippen molar-refractivity contribution in [2.24, 2.45) is 0 Å². The van der Waals surface area contributed by atoms with E-state index in [-0.39, 0.29) is 0 Å². The van der Waals surface area contributed by atoms with E-state index in [1.165, 1.54) is 47.4 Å². The summed E-state index contributed by atoms with van der Waals surface area (Å²) in [7, 11) is 0. The van der Waals surface area contributed by atoms with Crippen molar-refractivity contribution < 1.29 is 0 Å². The Balaban J connectivity index is 2.04. The minimum Gasteiger partial charge on any atom is -0.0622 e. The maximum Gasteiger partial charge on any atom is 0.0136 e. The van der Waals surface area contributed by atoms with E-state index in [0.717, 1.165) is 0 Å². The number of hydrogen-bond acceptors (Lipinski definition) is 0. The van der Waals surface area contributed by atoms with Crippen LogP contribution in [0.1, 0.15) is 0 Å². The van der Waals surface area contributed by atoms with E-state index in [4.69, 9.17) is 0 Å². The highest BCUT2D eigenvalue weighted by Gasteiger charge is 2.16. The highest BCUT2D eigenvalue weighted by atomic mass is 127. The standard InChI is InChI=1S/C26H17I/c27-20-15-16-23-24(17-20)26(19-11-5-2-6-12-19)22-14-8-7-13-21(22)25(23)18-9-3-1-4-10-18/h1-17H. The first-order chi connectivity index (χ1) is 13.3. The van der Waals surface area contributed by atoms with Crippen molar-refractivity contribution >= 4 is 44.1 Å². The van der Waals surface area contributed by atoms with E-state index in [1.54, 1.807) is 0 Å². The Morgan fingerprint density at radius 2 is 0.852 bits per heavy atom. The van der Waals surface area contributed by atoms with Crippen LogP contribution < -0.4 is 0 Å². The minimum absolute atomic E-state index is 1.26. The van der Waals surface area contributed by atoms with E-state index in [9.17, 15) is 0 Å². The molecule has 0 aliphatic carbocycles. The normalized spacial score (nSPS) is 11.1. The predicted molar refractivity (Wildman–Crippen MR) is 125 cm³/mol. The Morgan fingerprint density at radius 3 is 1.41 bits per heavy atom. The Hall–Kier alpha value is -2.65. The van der Waals surface area contributed by atoms with Crippen LogP contribution >= 0.6 is 22.6 Å². The molecule has 27 heavy (non-hydrogen) atoms. The lowest BCUT2D eigenvalue weighted by Gasteiger charge is -2.18. The van der Waals surface area contributed by atoms with Gasteiger partial charge < -0.3 is 0 Å². The zero-order chi connectivity index (χ0) is 18.2. The number of halogens is 1. The summed E-state index contributed by atoms with van der Waals surface area (Å²) in [6.07, 6.45) is 0. The zero-order valence-corrected chi connectivity index (χ0v) is 16.9. The Labute approximate surface area is 172 Å². The van der Waals surface area contributed by atoms with Crippen molar-refractivity contribution in [1.82, 2.24) is 0 Å². The van der Waals surface area contributed by atoms with Crippen LogP contribution in [0.3, 0.4) is 0 Å². The molecule has 0 aliphatic rings. The van der Waals surface area contributed by atoms with Gasteiger partial charge in [-0.25, -0.2) is 0 Å². The molecule has 1 heteroatoms. The van der Waals surface area contributed by atoms with Crippen molar-refractivity contribution in [3.63, 3.8) is 0 Å². The number of hydrogen-bond donors (Lipinski definition) is 0. The summed E-state index contributed by atoms with van der Waals surface area (Å²) in [5.41, 5.74) is 5.16. The van der Waals surface area contributed by atoms with Crippen LogP contribution in [0.4, 0.5) is 0 Å². The van der Waals surface area contributed by atoms with Gasteiger partial charge in [-0.2, -0.15) is 0 Å². The van der Waals surface area contributed by atoms with E-state index in [1.807, 2.05) is 0 Å². The molecule has 0 aromatic heterocycles. The van der Waals surface area contributed by atoms with Crippen molar-refractivity contribution in [3.05, 3.63) is 107 Å². The minimum atomic E-state index is 1.26. The molecule has 0 unspecified atom stereocenters. The Kier molecular flexibility index (Phi) is 4.17. The van der Waals surface area contributed by atoms with Gasteiger partial charge in [0.15, 0.2) is 0 Å². The molecule has 0 radical (unpaired) electrons. The lowest BCUT2D eigenvalue weighted by atomic mass is 9.86. The lowest BCUT2D eigenvalue weighted by molar-refractivity contribution is 1.64. The van der Waals surface area contributed by atoms with Crippen molar-refractivity contribution in [3.8, 4) is 22.3 Å². The topological polar surface area (TPSA) is 0 Å². The molecule has 0 spiro atoms. The third kappa shape index (κ3) is 2.83. The van der Waals surface area contributed by atoms with E-state index in [0.29, 0.717) is 0 Å². The van der Waals surface area contributed by atoms with Crippen LogP contribution in [-0.2, 0) is 0 Å². The van der Waals surface area contributed by atoms with Crippen LogP contribution in [0.25, 0.3) is 43.8 Å². The molecule has 0 nitrogen and oxygen atoms in total. The second-order valence-electron chi connectivity index (χ2n) is 6.72. The fourth-order valence-corrected chi connectivity index (χ4v) is 4.47. The summed E-state index contributed by atoms with van der Waals surface area (Å²) in [5, 5.41) is 5.22. The first kappa shape index (κ1) is 16.5. The third-order valence-corrected chi connectivity index (χ3v) is 5.78. The van der Waals surface area contributed by atoms with Crippen molar-refractivity contribution in [2.75, 3.05) is 0 Å². The molecule has 0 atom stereocenters. The molecule has 5 rings (SSSR count). The largest absolute Gasteiger partial charge is 0.0622 e. The summed E-state index contributed by atoms with van der Waals surface area (Å²) in [4.78, 5) is 0. The van der Waals surface area contributed by atoms with Crippen LogP contribution in [0.15, 0.2) is 103 Å². The molecule has 5 aromatic carbocycles. The molecule has 0 N–H and O–H groups in total. The Morgan fingerprint density at radius 1 is 0.407 bits per heavy atom. The van der Waals surface area contributed by atoms with Crippen LogP contribution in [0.5, 0.6) is 0 Å². The van der Waals surface area contributed by atoms with Crippen molar-refractivity contribution in [2.45, 2.75) is 0 Å². The molecule has 0 fully saturated rings. The summed E-state index contributed by atoms with van der Waals surface area (Å²) in [6, 6.07) is 37.1. The lowest BCUT2D eigenvalue weighted by Crippen LogP contribution is -1.91. The van der Waals surface area contributed by atoms with Gasteiger partial charge in [-0.1, -0.05) is 91.0 Å². The second-order valence-corrected chi connectivity index (χ2v) is 7.96. The first-order valence-corrected chi connectivity index (χ1v) is 10.2. The van der Waals surface area contributed by atoms with Gasteiger partial charge in [-0.15, -0.1) is 0 Å². The average Bonchev–Trinajstić information content (AvgIpc) is 2.73. The van der Waals surface area contributed by atoms with Crippen LogP contribution in [0, 0.1) is 3.57 Å². The van der Waals surface area contributed by atoms with E-state index < -0.39 is 0 Å². The summed E-state index contributed by atoms with van der Waals surface area (Å²) < 4.78 is 1.26. The smallest absolute Gasteiger partial charge is 0.0136 e. The fourth-order valence-electron chi connectivity index (χ4n) is 3.98. The molecule has 0 aliphatic heterocycles. The summed E-state index contributed by atoms with van der Waals surface area (Å²) in [6.45, 7) is 0. The molecule has 0 amide bonds. The highest BCUT2D eigenvalue weighted by molar-refractivity contribution is 14.1. The molecule has 0 bridgehead atoms. The van der Waals surface area contributed by atoms with Crippen LogP contribution in [0.2, 0.25) is 0 Å². The number of rotatable bonds is 2. The Bertz CT molecular complexity index is 1260. The maximum atomic E-state index is 2.41. The van der Waals surface area contributed by atoms with Gasteiger partial charge >= 0.3 is 0 Å². The number of fused-ring (bicyclic) bond motifs is 2. The van der Waals surface area contributed by atoms with E-state index >= 15 is 0 Å². The number of benzene rings is 5. The monoisotopic (exact) mass is 456 g/mol.